The van der Waals surface area contributed by atoms with E-state index in [-0.39, 0.29) is 50.5 Å². The smallest absolute Gasteiger partial charge is 0.410 e. The molecular formula is C48H54N2O9. The number of aliphatic hydroxyl groups excluding tert-OH is 2. The molecular weight excluding hydrogens is 749 g/mol. The predicted octanol–water partition coefficient (Wildman–Crippen LogP) is 8.98. The maximum atomic E-state index is 14.3. The molecule has 11 nitrogen and oxygen atoms in total. The van der Waals surface area contributed by atoms with E-state index in [1.54, 1.807) is 29.2 Å². The molecule has 0 radical (unpaired) electrons. The van der Waals surface area contributed by atoms with E-state index in [0.717, 1.165) is 59.4 Å². The van der Waals surface area contributed by atoms with Crippen LogP contribution in [0, 0.1) is 17.8 Å². The van der Waals surface area contributed by atoms with Crippen LogP contribution in [0.4, 0.5) is 4.79 Å². The molecule has 11 heteroatoms. The lowest BCUT2D eigenvalue weighted by molar-refractivity contribution is -0.256. The van der Waals surface area contributed by atoms with Crippen molar-refractivity contribution in [3.8, 4) is 17.2 Å². The zero-order valence-electron chi connectivity index (χ0n) is 33.8. The minimum atomic E-state index is -1.45. The molecule has 0 aromatic heterocycles. The molecule has 310 valence electrons. The summed E-state index contributed by atoms with van der Waals surface area (Å²) >= 11 is 0. The van der Waals surface area contributed by atoms with Crippen molar-refractivity contribution in [1.82, 2.24) is 4.90 Å². The van der Waals surface area contributed by atoms with E-state index in [0.29, 0.717) is 41.4 Å². The largest absolute Gasteiger partial charge is 0.459 e. The Kier molecular flexibility index (Phi) is 13.5. The third-order valence-corrected chi connectivity index (χ3v) is 12.1. The first-order valence-electron chi connectivity index (χ1n) is 20.6. The molecule has 7 rings (SSSR count). The number of unbranched alkanes of at least 4 members (excludes halogenated alkanes) is 2. The minimum Gasteiger partial charge on any atom is -0.459 e. The molecule has 0 saturated heterocycles. The van der Waals surface area contributed by atoms with Crippen LogP contribution in [0.3, 0.4) is 0 Å². The molecule has 59 heavy (non-hydrogen) atoms. The second kappa shape index (κ2) is 19.1. The Morgan fingerprint density at radius 2 is 1.71 bits per heavy atom. The highest BCUT2D eigenvalue weighted by molar-refractivity contribution is 6.03. The van der Waals surface area contributed by atoms with Gasteiger partial charge in [0.2, 0.25) is 5.79 Å². The maximum absolute atomic E-state index is 14.3. The monoisotopic (exact) mass is 802 g/mol. The Balaban J connectivity index is 1.45. The fourth-order valence-corrected chi connectivity index (χ4v) is 9.64. The van der Waals surface area contributed by atoms with E-state index in [2.05, 4.69) is 36.0 Å². The number of methoxy groups -OCH3 is 1. The molecule has 1 fully saturated rings. The van der Waals surface area contributed by atoms with E-state index in [9.17, 15) is 19.8 Å². The van der Waals surface area contributed by atoms with E-state index >= 15 is 0 Å². The number of carbonyl (C=O) groups excluding carboxylic acids is 2. The molecule has 1 saturated carbocycles. The molecule has 0 bridgehead atoms. The average Bonchev–Trinajstić information content (AvgIpc) is 3.26. The zero-order valence-corrected chi connectivity index (χ0v) is 33.8. The quantitative estimate of drug-likeness (QED) is 0.0437. The maximum Gasteiger partial charge on any atom is 0.410 e. The van der Waals surface area contributed by atoms with Gasteiger partial charge in [0.1, 0.15) is 36.7 Å². The summed E-state index contributed by atoms with van der Waals surface area (Å²) in [6, 6.07) is 26.2. The minimum absolute atomic E-state index is 0.0316. The first-order chi connectivity index (χ1) is 28.9. The summed E-state index contributed by atoms with van der Waals surface area (Å²) in [5.41, 5.74) is 3.96. The number of aldehydes is 1. The van der Waals surface area contributed by atoms with Crippen LogP contribution in [-0.4, -0.2) is 79.1 Å². The SMILES string of the molecule is C=CCO[C@@]12Oc3ccc(Oc4cccc(C=O)c4)cc3[C@H]3[C@H](CCCCO)[C@@H](CCCCO)C=C(C(=NOC)C[C@@H]1N(Cc1cccc4ccccc14)C(=O)OC)[C@H]32. The fraction of sp³-hybridized carbons (Fsp3) is 0.396. The van der Waals surface area contributed by atoms with Gasteiger partial charge in [0.15, 0.2) is 0 Å². The number of rotatable bonds is 18. The molecule has 1 aliphatic heterocycles. The van der Waals surface area contributed by atoms with Crippen LogP contribution in [0.5, 0.6) is 17.2 Å². The van der Waals surface area contributed by atoms with Gasteiger partial charge in [-0.05, 0) is 89.8 Å². The lowest BCUT2D eigenvalue weighted by Crippen LogP contribution is -2.70. The Labute approximate surface area is 345 Å². The summed E-state index contributed by atoms with van der Waals surface area (Å²) in [4.78, 5) is 33.2. The number of hydrogen-bond donors (Lipinski definition) is 2. The van der Waals surface area contributed by atoms with Gasteiger partial charge in [0, 0.05) is 36.7 Å². The molecule has 1 amide bonds. The summed E-state index contributed by atoms with van der Waals surface area (Å²) in [5.74, 6) is -0.396. The highest BCUT2D eigenvalue weighted by Crippen LogP contribution is 2.62. The standard InChI is InChI=1S/C48H54N2O9/c1-4-25-57-48-44(50(47(54)55-2)30-35-17-12-16-33-14-5-6-19-38(33)35)29-42(49-56-3)40-27-34(15-7-9-23-51)39(20-8-10-24-52)45(46(40)48)41-28-37(21-22-43(41)59-48)58-36-18-11-13-32(26-36)31-53/h4-6,11-14,16-19,21-22,26-28,31,34,39,44-46,51-52H,1,7-10,15,20,23-25,29-30H2,2-3H3/t34-,39+,44-,45+,46+,48+/m0/s1. The number of amides is 1. The van der Waals surface area contributed by atoms with Gasteiger partial charge >= 0.3 is 6.09 Å². The topological polar surface area (TPSA) is 136 Å². The van der Waals surface area contributed by atoms with Crippen molar-refractivity contribution in [2.24, 2.45) is 22.9 Å². The van der Waals surface area contributed by atoms with Crippen LogP contribution < -0.4 is 9.47 Å². The number of ether oxygens (including phenoxy) is 4. The van der Waals surface area contributed by atoms with Crippen molar-refractivity contribution in [2.75, 3.05) is 34.0 Å². The lowest BCUT2D eigenvalue weighted by atomic mass is 9.55. The highest BCUT2D eigenvalue weighted by atomic mass is 16.7. The summed E-state index contributed by atoms with van der Waals surface area (Å²) in [6.07, 6.45) is 9.00. The van der Waals surface area contributed by atoms with Gasteiger partial charge in [-0.15, -0.1) is 6.58 Å². The number of nitrogens with zero attached hydrogens (tertiary/aromatic N) is 2. The molecule has 2 N–H and O–H groups in total. The van der Waals surface area contributed by atoms with Gasteiger partial charge in [-0.25, -0.2) is 4.79 Å². The first-order valence-corrected chi connectivity index (χ1v) is 20.6. The Morgan fingerprint density at radius 3 is 2.47 bits per heavy atom. The highest BCUT2D eigenvalue weighted by Gasteiger charge is 2.65. The zero-order chi connectivity index (χ0) is 41.4. The predicted molar refractivity (Wildman–Crippen MR) is 226 cm³/mol. The van der Waals surface area contributed by atoms with E-state index in [4.69, 9.17) is 23.8 Å². The van der Waals surface area contributed by atoms with Crippen LogP contribution in [0.25, 0.3) is 10.8 Å². The van der Waals surface area contributed by atoms with Crippen molar-refractivity contribution in [2.45, 2.75) is 69.2 Å². The van der Waals surface area contributed by atoms with E-state index < -0.39 is 23.8 Å². The Hall–Kier alpha value is -5.49. The van der Waals surface area contributed by atoms with Crippen LogP contribution in [0.2, 0.25) is 0 Å². The number of oxime groups is 1. The Bertz CT molecular complexity index is 2180. The second-order valence-corrected chi connectivity index (χ2v) is 15.5. The molecule has 4 aromatic carbocycles. The van der Waals surface area contributed by atoms with Crippen molar-refractivity contribution >= 4 is 28.9 Å². The van der Waals surface area contributed by atoms with E-state index in [1.807, 2.05) is 48.5 Å². The summed E-state index contributed by atoms with van der Waals surface area (Å²) < 4.78 is 26.4. The molecule has 0 spiro atoms. The van der Waals surface area contributed by atoms with Gasteiger partial charge < -0.3 is 34.0 Å². The molecule has 2 aliphatic carbocycles. The summed E-state index contributed by atoms with van der Waals surface area (Å²) in [7, 11) is 2.91. The number of fused-ring (bicyclic) bond motifs is 3. The van der Waals surface area contributed by atoms with Crippen molar-refractivity contribution in [3.63, 3.8) is 0 Å². The van der Waals surface area contributed by atoms with Crippen molar-refractivity contribution in [1.29, 1.82) is 0 Å². The molecule has 6 atom stereocenters. The number of carbonyl (C=O) groups is 2. The number of benzene rings is 4. The molecule has 4 aromatic rings. The molecule has 3 aliphatic rings. The first kappa shape index (κ1) is 41.7. The van der Waals surface area contributed by atoms with Crippen LogP contribution in [0.15, 0.2) is 114 Å². The number of aliphatic hydroxyl groups is 2. The second-order valence-electron chi connectivity index (χ2n) is 15.5. The van der Waals surface area contributed by atoms with Gasteiger partial charge in [-0.1, -0.05) is 84.7 Å². The lowest BCUT2D eigenvalue weighted by Gasteiger charge is -2.59. The fourth-order valence-electron chi connectivity index (χ4n) is 9.64. The van der Waals surface area contributed by atoms with Crippen LogP contribution >= 0.6 is 0 Å². The summed E-state index contributed by atoms with van der Waals surface area (Å²) in [6.45, 7) is 4.53. The van der Waals surface area contributed by atoms with Gasteiger partial charge in [0.25, 0.3) is 0 Å². The Morgan fingerprint density at radius 1 is 0.949 bits per heavy atom. The van der Waals surface area contributed by atoms with Crippen LogP contribution in [0.1, 0.15) is 72.3 Å². The van der Waals surface area contributed by atoms with Gasteiger partial charge in [-0.3, -0.25) is 9.69 Å². The third kappa shape index (κ3) is 8.50. The number of hydrogen-bond acceptors (Lipinski definition) is 10. The third-order valence-electron chi connectivity index (χ3n) is 12.1. The average molecular weight is 803 g/mol. The van der Waals surface area contributed by atoms with Gasteiger partial charge in [0.05, 0.1) is 31.9 Å². The normalized spacial score (nSPS) is 23.6. The van der Waals surface area contributed by atoms with Gasteiger partial charge in [-0.2, -0.15) is 0 Å². The van der Waals surface area contributed by atoms with E-state index in [1.165, 1.54) is 14.2 Å². The van der Waals surface area contributed by atoms with Crippen LogP contribution in [-0.2, 0) is 20.9 Å². The summed E-state index contributed by atoms with van der Waals surface area (Å²) in [5, 5.41) is 26.5. The molecule has 1 heterocycles. The molecule has 0 unspecified atom stereocenters. The van der Waals surface area contributed by atoms with Crippen molar-refractivity contribution in [3.05, 3.63) is 126 Å². The number of allylic oxidation sites excluding steroid dienone is 1. The van der Waals surface area contributed by atoms with Crippen molar-refractivity contribution < 1.29 is 43.6 Å².